The molecule has 4 rings (SSSR count). The van der Waals surface area contributed by atoms with Crippen molar-refractivity contribution in [3.63, 3.8) is 0 Å². The minimum atomic E-state index is -4.42. The van der Waals surface area contributed by atoms with Gasteiger partial charge in [0, 0.05) is 37.3 Å². The highest BCUT2D eigenvalue weighted by molar-refractivity contribution is 6.02. The highest BCUT2D eigenvalue weighted by Crippen LogP contribution is 2.32. The molecule has 2 aliphatic heterocycles. The van der Waals surface area contributed by atoms with Crippen molar-refractivity contribution < 1.29 is 22.8 Å². The predicted octanol–water partition coefficient (Wildman–Crippen LogP) is 4.19. The number of nitrogens with zero attached hydrogens (tertiary/aromatic N) is 1. The van der Waals surface area contributed by atoms with Gasteiger partial charge in [0.15, 0.2) is 0 Å². The second-order valence-electron chi connectivity index (χ2n) is 7.70. The standard InChI is InChI=1S/C21H21F3N4O2/c1-13-2-7-17-16(12-13)18(29)27-20(26-17)8-10-28(11-9-20)19(30)25-15-5-3-14(4-6-15)21(22,23)24/h2-7,12,26H,8-11H2,1H3,(H,25,30)(H,27,29). The Morgan fingerprint density at radius 3 is 2.37 bits per heavy atom. The molecule has 0 unspecified atom stereocenters. The number of anilines is 2. The maximum atomic E-state index is 12.7. The number of carbonyl (C=O) groups excluding carboxylic acids is 2. The zero-order valence-electron chi connectivity index (χ0n) is 16.3. The van der Waals surface area contributed by atoms with Crippen LogP contribution in [0.2, 0.25) is 0 Å². The monoisotopic (exact) mass is 418 g/mol. The van der Waals surface area contributed by atoms with Gasteiger partial charge in [-0.05, 0) is 43.3 Å². The molecule has 2 aromatic carbocycles. The normalized spacial score (nSPS) is 17.7. The van der Waals surface area contributed by atoms with Gasteiger partial charge in [-0.3, -0.25) is 4.79 Å². The van der Waals surface area contributed by atoms with Gasteiger partial charge in [0.05, 0.1) is 11.1 Å². The second-order valence-corrected chi connectivity index (χ2v) is 7.70. The average Bonchev–Trinajstić information content (AvgIpc) is 2.69. The van der Waals surface area contributed by atoms with Gasteiger partial charge in [-0.15, -0.1) is 0 Å². The van der Waals surface area contributed by atoms with E-state index in [-0.39, 0.29) is 11.9 Å². The Bertz CT molecular complexity index is 981. The maximum Gasteiger partial charge on any atom is 0.416 e. The summed E-state index contributed by atoms with van der Waals surface area (Å²) in [6, 6.07) is 9.59. The van der Waals surface area contributed by atoms with Crippen LogP contribution in [0.1, 0.15) is 34.3 Å². The zero-order valence-corrected chi connectivity index (χ0v) is 16.3. The molecule has 0 aromatic heterocycles. The van der Waals surface area contributed by atoms with Crippen LogP contribution in [0.4, 0.5) is 29.3 Å². The Morgan fingerprint density at radius 1 is 1.07 bits per heavy atom. The zero-order chi connectivity index (χ0) is 21.5. The van der Waals surface area contributed by atoms with Crippen molar-refractivity contribution in [1.82, 2.24) is 10.2 Å². The molecule has 158 valence electrons. The lowest BCUT2D eigenvalue weighted by Crippen LogP contribution is -2.63. The molecule has 1 spiro atoms. The number of rotatable bonds is 1. The highest BCUT2D eigenvalue weighted by Gasteiger charge is 2.41. The molecule has 0 atom stereocenters. The van der Waals surface area contributed by atoms with Gasteiger partial charge in [-0.1, -0.05) is 11.6 Å². The lowest BCUT2D eigenvalue weighted by Gasteiger charge is -2.45. The Balaban J connectivity index is 1.38. The number of nitrogens with one attached hydrogen (secondary N) is 3. The largest absolute Gasteiger partial charge is 0.416 e. The molecule has 3 amide bonds. The van der Waals surface area contributed by atoms with Gasteiger partial charge < -0.3 is 20.9 Å². The quantitative estimate of drug-likeness (QED) is 0.650. The molecule has 2 aliphatic rings. The van der Waals surface area contributed by atoms with E-state index in [4.69, 9.17) is 0 Å². The summed E-state index contributed by atoms with van der Waals surface area (Å²) in [4.78, 5) is 26.6. The van der Waals surface area contributed by atoms with Crippen LogP contribution in [0.5, 0.6) is 0 Å². The third-order valence-corrected chi connectivity index (χ3v) is 5.51. The molecule has 30 heavy (non-hydrogen) atoms. The van der Waals surface area contributed by atoms with Gasteiger partial charge in [0.1, 0.15) is 5.66 Å². The molecule has 0 aliphatic carbocycles. The van der Waals surface area contributed by atoms with Crippen LogP contribution in [0.25, 0.3) is 0 Å². The van der Waals surface area contributed by atoms with E-state index in [1.807, 2.05) is 25.1 Å². The van der Waals surface area contributed by atoms with E-state index >= 15 is 0 Å². The molecule has 2 heterocycles. The van der Waals surface area contributed by atoms with Gasteiger partial charge in [-0.25, -0.2) is 4.79 Å². The van der Waals surface area contributed by atoms with E-state index in [2.05, 4.69) is 16.0 Å². The highest BCUT2D eigenvalue weighted by atomic mass is 19.4. The van der Waals surface area contributed by atoms with Crippen LogP contribution in [0.3, 0.4) is 0 Å². The summed E-state index contributed by atoms with van der Waals surface area (Å²) in [6.45, 7) is 2.70. The summed E-state index contributed by atoms with van der Waals surface area (Å²) >= 11 is 0. The number of piperidine rings is 1. The van der Waals surface area contributed by atoms with Gasteiger partial charge >= 0.3 is 12.2 Å². The lowest BCUT2D eigenvalue weighted by molar-refractivity contribution is -0.137. The van der Waals surface area contributed by atoms with Gasteiger partial charge in [-0.2, -0.15) is 13.2 Å². The minimum Gasteiger partial charge on any atom is -0.362 e. The lowest BCUT2D eigenvalue weighted by atomic mass is 9.92. The van der Waals surface area contributed by atoms with Crippen LogP contribution in [0, 0.1) is 6.92 Å². The number of likely N-dealkylation sites (tertiary alicyclic amines) is 1. The predicted molar refractivity (Wildman–Crippen MR) is 106 cm³/mol. The van der Waals surface area contributed by atoms with Crippen LogP contribution in [-0.4, -0.2) is 35.6 Å². The number of amides is 3. The number of aryl methyl sites for hydroxylation is 1. The molecular formula is C21H21F3N4O2. The third kappa shape index (κ3) is 3.92. The molecule has 3 N–H and O–H groups in total. The molecular weight excluding hydrogens is 397 g/mol. The van der Waals surface area contributed by atoms with Crippen molar-refractivity contribution >= 4 is 23.3 Å². The number of halogens is 3. The van der Waals surface area contributed by atoms with E-state index in [9.17, 15) is 22.8 Å². The molecule has 9 heteroatoms. The van der Waals surface area contributed by atoms with E-state index in [0.717, 1.165) is 23.4 Å². The van der Waals surface area contributed by atoms with Crippen LogP contribution in [-0.2, 0) is 6.18 Å². The van der Waals surface area contributed by atoms with Crippen LogP contribution >= 0.6 is 0 Å². The van der Waals surface area contributed by atoms with Crippen molar-refractivity contribution in [2.45, 2.75) is 31.6 Å². The van der Waals surface area contributed by atoms with Gasteiger partial charge in [0.25, 0.3) is 5.91 Å². The molecule has 1 fully saturated rings. The molecule has 0 saturated carbocycles. The van der Waals surface area contributed by atoms with Crippen molar-refractivity contribution in [3.8, 4) is 0 Å². The van der Waals surface area contributed by atoms with E-state index in [0.29, 0.717) is 37.2 Å². The number of benzene rings is 2. The molecule has 0 radical (unpaired) electrons. The van der Waals surface area contributed by atoms with Crippen LogP contribution < -0.4 is 16.0 Å². The van der Waals surface area contributed by atoms with E-state index in [1.54, 1.807) is 4.90 Å². The topological polar surface area (TPSA) is 73.5 Å². The number of hydrogen-bond acceptors (Lipinski definition) is 3. The summed E-state index contributed by atoms with van der Waals surface area (Å²) in [7, 11) is 0. The molecule has 6 nitrogen and oxygen atoms in total. The number of alkyl halides is 3. The summed E-state index contributed by atoms with van der Waals surface area (Å²) < 4.78 is 38.0. The summed E-state index contributed by atoms with van der Waals surface area (Å²) in [6.07, 6.45) is -3.41. The summed E-state index contributed by atoms with van der Waals surface area (Å²) in [5, 5.41) is 9.06. The third-order valence-electron chi connectivity index (χ3n) is 5.51. The molecule has 2 aromatic rings. The minimum absolute atomic E-state index is 0.143. The van der Waals surface area contributed by atoms with Crippen molar-refractivity contribution in [2.24, 2.45) is 0 Å². The first-order valence-electron chi connectivity index (χ1n) is 9.60. The Hall–Kier alpha value is -3.23. The Kier molecular flexibility index (Phi) is 4.83. The first-order chi connectivity index (χ1) is 14.2. The number of urea groups is 1. The fraction of sp³-hybridized carbons (Fsp3) is 0.333. The van der Waals surface area contributed by atoms with E-state index in [1.165, 1.54) is 12.1 Å². The number of fused-ring (bicyclic) bond motifs is 1. The molecule has 1 saturated heterocycles. The van der Waals surface area contributed by atoms with Gasteiger partial charge in [0.2, 0.25) is 0 Å². The summed E-state index contributed by atoms with van der Waals surface area (Å²) in [5.41, 5.74) is 1.27. The SMILES string of the molecule is Cc1ccc2c(c1)C(=O)NC1(CCN(C(=O)Nc3ccc(C(F)(F)F)cc3)CC1)N2. The first-order valence-corrected chi connectivity index (χ1v) is 9.60. The number of hydrogen-bond donors (Lipinski definition) is 3. The molecule has 0 bridgehead atoms. The van der Waals surface area contributed by atoms with Crippen LogP contribution in [0.15, 0.2) is 42.5 Å². The van der Waals surface area contributed by atoms with Crippen molar-refractivity contribution in [3.05, 3.63) is 59.2 Å². The Labute approximate surface area is 171 Å². The fourth-order valence-corrected chi connectivity index (χ4v) is 3.82. The second kappa shape index (κ2) is 7.23. The van der Waals surface area contributed by atoms with Crippen molar-refractivity contribution in [1.29, 1.82) is 0 Å². The first kappa shape index (κ1) is 20.1. The Morgan fingerprint density at radius 2 is 1.73 bits per heavy atom. The van der Waals surface area contributed by atoms with E-state index < -0.39 is 17.4 Å². The fourth-order valence-electron chi connectivity index (χ4n) is 3.82. The number of carbonyl (C=O) groups is 2. The summed E-state index contributed by atoms with van der Waals surface area (Å²) in [5.74, 6) is -0.143. The smallest absolute Gasteiger partial charge is 0.362 e. The average molecular weight is 418 g/mol. The van der Waals surface area contributed by atoms with Crippen molar-refractivity contribution in [2.75, 3.05) is 23.7 Å². The maximum absolute atomic E-state index is 12.7.